The van der Waals surface area contributed by atoms with Crippen LogP contribution in [-0.4, -0.2) is 15.3 Å². The van der Waals surface area contributed by atoms with Gasteiger partial charge in [-0.1, -0.05) is 6.92 Å². The van der Waals surface area contributed by atoms with Crippen LogP contribution in [0.15, 0.2) is 6.20 Å². The highest BCUT2D eigenvalue weighted by molar-refractivity contribution is 7.98. The van der Waals surface area contributed by atoms with E-state index in [2.05, 4.69) is 22.7 Å². The Kier molecular flexibility index (Phi) is 3.00. The summed E-state index contributed by atoms with van der Waals surface area (Å²) in [4.78, 5) is 4.39. The molecule has 0 radical (unpaired) electrons. The molecule has 0 saturated heterocycles. The summed E-state index contributed by atoms with van der Waals surface area (Å²) in [5.74, 6) is 3.36. The minimum Gasteiger partial charge on any atom is -0.337 e. The Morgan fingerprint density at radius 3 is 2.82 bits per heavy atom. The lowest BCUT2D eigenvalue weighted by Crippen LogP contribution is -1.94. The van der Waals surface area contributed by atoms with Gasteiger partial charge in [-0.25, -0.2) is 4.98 Å². The fourth-order valence-corrected chi connectivity index (χ4v) is 1.65. The Morgan fingerprint density at radius 2 is 2.36 bits per heavy atom. The van der Waals surface area contributed by atoms with Gasteiger partial charge in [0.25, 0.3) is 0 Å². The van der Waals surface area contributed by atoms with Gasteiger partial charge in [0.2, 0.25) is 0 Å². The predicted octanol–water partition coefficient (Wildman–Crippen LogP) is 1.98. The lowest BCUT2D eigenvalue weighted by molar-refractivity contribution is 0.849. The molecular formula is C8H14N2S. The zero-order valence-electron chi connectivity index (χ0n) is 7.29. The molecule has 1 heterocycles. The van der Waals surface area contributed by atoms with Crippen molar-refractivity contribution in [2.24, 2.45) is 7.05 Å². The lowest BCUT2D eigenvalue weighted by Gasteiger charge is -1.97. The molecule has 0 saturated carbocycles. The third-order valence-electron chi connectivity index (χ3n) is 1.53. The van der Waals surface area contributed by atoms with E-state index < -0.39 is 0 Å². The van der Waals surface area contributed by atoms with Crippen LogP contribution in [0.25, 0.3) is 0 Å². The number of hydrogen-bond donors (Lipinski definition) is 0. The van der Waals surface area contributed by atoms with E-state index in [0.29, 0.717) is 0 Å². The van der Waals surface area contributed by atoms with E-state index in [9.17, 15) is 0 Å². The maximum absolute atomic E-state index is 4.39. The van der Waals surface area contributed by atoms with Gasteiger partial charge in [0.1, 0.15) is 5.82 Å². The van der Waals surface area contributed by atoms with E-state index in [-0.39, 0.29) is 0 Å². The van der Waals surface area contributed by atoms with Crippen LogP contribution in [-0.2, 0) is 12.8 Å². The molecule has 0 bridgehead atoms. The molecule has 1 rings (SSSR count). The third-order valence-corrected chi connectivity index (χ3v) is 2.40. The van der Waals surface area contributed by atoms with E-state index in [1.165, 1.54) is 5.82 Å². The third kappa shape index (κ3) is 2.26. The monoisotopic (exact) mass is 170 g/mol. The van der Waals surface area contributed by atoms with Crippen LogP contribution >= 0.6 is 11.8 Å². The topological polar surface area (TPSA) is 17.8 Å². The Hall–Kier alpha value is -0.440. The molecule has 1 aromatic rings. The number of thioether (sulfide) groups is 1. The SMILES string of the molecule is CCSCc1nc(C)cn1C. The Morgan fingerprint density at radius 1 is 1.64 bits per heavy atom. The molecule has 0 aliphatic carbocycles. The second-order valence-electron chi connectivity index (χ2n) is 2.55. The van der Waals surface area contributed by atoms with Crippen molar-refractivity contribution in [2.75, 3.05) is 5.75 Å². The van der Waals surface area contributed by atoms with E-state index in [4.69, 9.17) is 0 Å². The molecule has 0 N–H and O–H groups in total. The summed E-state index contributed by atoms with van der Waals surface area (Å²) in [5.41, 5.74) is 1.11. The Labute approximate surface area is 72.0 Å². The van der Waals surface area contributed by atoms with Gasteiger partial charge in [-0.05, 0) is 12.7 Å². The summed E-state index contributed by atoms with van der Waals surface area (Å²) in [5, 5.41) is 0. The second-order valence-corrected chi connectivity index (χ2v) is 3.82. The molecule has 0 atom stereocenters. The number of imidazole rings is 1. The van der Waals surface area contributed by atoms with Crippen LogP contribution in [0.3, 0.4) is 0 Å². The highest BCUT2D eigenvalue weighted by Gasteiger charge is 2.00. The van der Waals surface area contributed by atoms with Crippen LogP contribution in [0.4, 0.5) is 0 Å². The molecule has 0 aromatic carbocycles. The molecule has 0 aliphatic rings. The molecule has 0 unspecified atom stereocenters. The summed E-state index contributed by atoms with van der Waals surface area (Å²) in [6, 6.07) is 0. The molecule has 62 valence electrons. The minimum atomic E-state index is 1.03. The van der Waals surface area contributed by atoms with Gasteiger partial charge in [-0.2, -0.15) is 11.8 Å². The average molecular weight is 170 g/mol. The van der Waals surface area contributed by atoms with Crippen LogP contribution in [0.1, 0.15) is 18.4 Å². The lowest BCUT2D eigenvalue weighted by atomic mass is 10.6. The summed E-state index contributed by atoms with van der Waals surface area (Å²) in [6.07, 6.45) is 2.06. The van der Waals surface area contributed by atoms with Crippen molar-refractivity contribution in [3.63, 3.8) is 0 Å². The fourth-order valence-electron chi connectivity index (χ4n) is 0.994. The summed E-state index contributed by atoms with van der Waals surface area (Å²) >= 11 is 1.91. The second kappa shape index (κ2) is 3.81. The van der Waals surface area contributed by atoms with Gasteiger partial charge in [-0.3, -0.25) is 0 Å². The number of aromatic nitrogens is 2. The molecule has 1 aromatic heterocycles. The van der Waals surface area contributed by atoms with Crippen molar-refractivity contribution < 1.29 is 0 Å². The highest BCUT2D eigenvalue weighted by atomic mass is 32.2. The van der Waals surface area contributed by atoms with Crippen molar-refractivity contribution in [3.8, 4) is 0 Å². The minimum absolute atomic E-state index is 1.03. The van der Waals surface area contributed by atoms with Gasteiger partial charge >= 0.3 is 0 Å². The maximum Gasteiger partial charge on any atom is 0.118 e. The normalized spacial score (nSPS) is 10.5. The van der Waals surface area contributed by atoms with Crippen LogP contribution in [0.5, 0.6) is 0 Å². The van der Waals surface area contributed by atoms with E-state index >= 15 is 0 Å². The van der Waals surface area contributed by atoms with Crippen molar-refractivity contribution in [3.05, 3.63) is 17.7 Å². The van der Waals surface area contributed by atoms with Gasteiger partial charge in [0, 0.05) is 13.2 Å². The molecule has 3 heteroatoms. The van der Waals surface area contributed by atoms with E-state index in [1.54, 1.807) is 0 Å². The van der Waals surface area contributed by atoms with Crippen molar-refractivity contribution >= 4 is 11.8 Å². The first kappa shape index (κ1) is 8.65. The van der Waals surface area contributed by atoms with Gasteiger partial charge in [0.15, 0.2) is 0 Å². The summed E-state index contributed by atoms with van der Waals surface area (Å²) in [6.45, 7) is 4.20. The first-order valence-electron chi connectivity index (χ1n) is 3.80. The molecule has 2 nitrogen and oxygen atoms in total. The van der Waals surface area contributed by atoms with E-state index in [1.807, 2.05) is 25.7 Å². The number of nitrogens with zero attached hydrogens (tertiary/aromatic N) is 2. The maximum atomic E-state index is 4.39. The molecular weight excluding hydrogens is 156 g/mol. The fraction of sp³-hybridized carbons (Fsp3) is 0.625. The Bertz CT molecular complexity index is 230. The quantitative estimate of drug-likeness (QED) is 0.690. The molecule has 0 amide bonds. The highest BCUT2D eigenvalue weighted by Crippen LogP contribution is 2.10. The van der Waals surface area contributed by atoms with Gasteiger partial charge in [-0.15, -0.1) is 0 Å². The number of aryl methyl sites for hydroxylation is 2. The number of hydrogen-bond acceptors (Lipinski definition) is 2. The van der Waals surface area contributed by atoms with E-state index in [0.717, 1.165) is 17.2 Å². The molecule has 0 spiro atoms. The smallest absolute Gasteiger partial charge is 0.118 e. The zero-order valence-corrected chi connectivity index (χ0v) is 8.11. The average Bonchev–Trinajstić information content (AvgIpc) is 2.26. The first-order valence-corrected chi connectivity index (χ1v) is 4.96. The first-order chi connectivity index (χ1) is 5.24. The summed E-state index contributed by atoms with van der Waals surface area (Å²) in [7, 11) is 2.05. The van der Waals surface area contributed by atoms with Gasteiger partial charge < -0.3 is 4.57 Å². The predicted molar refractivity (Wildman–Crippen MR) is 49.8 cm³/mol. The van der Waals surface area contributed by atoms with Crippen LogP contribution in [0, 0.1) is 6.92 Å². The van der Waals surface area contributed by atoms with Gasteiger partial charge in [0.05, 0.1) is 11.4 Å². The Balaban J connectivity index is 2.62. The van der Waals surface area contributed by atoms with Crippen LogP contribution < -0.4 is 0 Å². The van der Waals surface area contributed by atoms with Crippen molar-refractivity contribution in [1.82, 2.24) is 9.55 Å². The molecule has 0 aliphatic heterocycles. The van der Waals surface area contributed by atoms with Crippen molar-refractivity contribution in [2.45, 2.75) is 19.6 Å². The van der Waals surface area contributed by atoms with Crippen molar-refractivity contribution in [1.29, 1.82) is 0 Å². The largest absolute Gasteiger partial charge is 0.337 e. The molecule has 11 heavy (non-hydrogen) atoms. The zero-order chi connectivity index (χ0) is 8.27. The summed E-state index contributed by atoms with van der Waals surface area (Å²) < 4.78 is 2.10. The molecule has 0 fully saturated rings. The standard InChI is InChI=1S/C8H14N2S/c1-4-11-6-8-9-7(2)5-10(8)3/h5H,4,6H2,1-3H3. The van der Waals surface area contributed by atoms with Crippen LogP contribution in [0.2, 0.25) is 0 Å². The number of rotatable bonds is 3.